The van der Waals surface area contributed by atoms with Gasteiger partial charge in [0.25, 0.3) is 0 Å². The Morgan fingerprint density at radius 3 is 1.69 bits per heavy atom. The SMILES string of the molecule is NC(=O)CC[C@H](N)C(=O)O.c1ccccc1. The van der Waals surface area contributed by atoms with Gasteiger partial charge in [-0.25, -0.2) is 0 Å². The highest BCUT2D eigenvalue weighted by molar-refractivity contribution is 5.76. The molecule has 0 aliphatic carbocycles. The van der Waals surface area contributed by atoms with Gasteiger partial charge in [0, 0.05) is 6.42 Å². The topological polar surface area (TPSA) is 106 Å². The molecule has 5 N–H and O–H groups in total. The van der Waals surface area contributed by atoms with Crippen molar-refractivity contribution in [1.29, 1.82) is 0 Å². The van der Waals surface area contributed by atoms with Crippen LogP contribution in [0.3, 0.4) is 0 Å². The van der Waals surface area contributed by atoms with E-state index in [-0.39, 0.29) is 12.8 Å². The van der Waals surface area contributed by atoms with Crippen molar-refractivity contribution < 1.29 is 14.7 Å². The largest absolute Gasteiger partial charge is 0.480 e. The average Bonchev–Trinajstić information content (AvgIpc) is 2.28. The molecule has 0 unspecified atom stereocenters. The molecule has 0 aromatic heterocycles. The van der Waals surface area contributed by atoms with Crippen molar-refractivity contribution in [2.75, 3.05) is 0 Å². The van der Waals surface area contributed by atoms with Gasteiger partial charge in [-0.2, -0.15) is 0 Å². The van der Waals surface area contributed by atoms with Gasteiger partial charge in [0.15, 0.2) is 0 Å². The van der Waals surface area contributed by atoms with E-state index in [0.29, 0.717) is 0 Å². The van der Waals surface area contributed by atoms with Crippen LogP contribution in [0.5, 0.6) is 0 Å². The third kappa shape index (κ3) is 8.71. The Morgan fingerprint density at radius 2 is 1.44 bits per heavy atom. The third-order valence-electron chi connectivity index (χ3n) is 1.69. The number of benzene rings is 1. The molecule has 1 atom stereocenters. The second kappa shape index (κ2) is 8.43. The molecule has 1 aromatic carbocycles. The molecule has 1 amide bonds. The molecule has 0 radical (unpaired) electrons. The van der Waals surface area contributed by atoms with E-state index in [0.717, 1.165) is 0 Å². The van der Waals surface area contributed by atoms with Gasteiger partial charge in [0.05, 0.1) is 0 Å². The van der Waals surface area contributed by atoms with Crippen LogP contribution in [0.25, 0.3) is 0 Å². The van der Waals surface area contributed by atoms with Gasteiger partial charge in [0.1, 0.15) is 6.04 Å². The monoisotopic (exact) mass is 224 g/mol. The first-order chi connectivity index (χ1) is 7.54. The van der Waals surface area contributed by atoms with Crippen LogP contribution in [0.4, 0.5) is 0 Å². The highest BCUT2D eigenvalue weighted by atomic mass is 16.4. The van der Waals surface area contributed by atoms with Gasteiger partial charge in [-0.15, -0.1) is 0 Å². The molecule has 0 spiro atoms. The van der Waals surface area contributed by atoms with E-state index in [4.69, 9.17) is 16.6 Å². The van der Waals surface area contributed by atoms with Crippen molar-refractivity contribution in [3.8, 4) is 0 Å². The second-order valence-corrected chi connectivity index (χ2v) is 3.10. The maximum absolute atomic E-state index is 10.1. The molecule has 0 aliphatic rings. The fourth-order valence-electron chi connectivity index (χ4n) is 0.806. The van der Waals surface area contributed by atoms with Crippen LogP contribution in [0.15, 0.2) is 36.4 Å². The molecule has 1 aromatic rings. The minimum Gasteiger partial charge on any atom is -0.480 e. The predicted molar refractivity (Wildman–Crippen MR) is 60.5 cm³/mol. The standard InChI is InChI=1S/C6H6.C5H10N2O3/c1-2-4-6-5-3-1;6-3(5(9)10)1-2-4(7)8/h1-6H;3H,1-2,6H2,(H2,7,8)(H,9,10)/t;3-/m.0/s1. The number of hydrogen-bond acceptors (Lipinski definition) is 3. The highest BCUT2D eigenvalue weighted by Crippen LogP contribution is 1.92. The summed E-state index contributed by atoms with van der Waals surface area (Å²) in [5.41, 5.74) is 9.81. The van der Waals surface area contributed by atoms with E-state index in [2.05, 4.69) is 0 Å². The number of hydrogen-bond donors (Lipinski definition) is 3. The maximum Gasteiger partial charge on any atom is 0.320 e. The van der Waals surface area contributed by atoms with E-state index in [1.54, 1.807) is 0 Å². The Bertz CT molecular complexity index is 288. The zero-order valence-corrected chi connectivity index (χ0v) is 8.87. The van der Waals surface area contributed by atoms with Crippen molar-refractivity contribution in [2.45, 2.75) is 18.9 Å². The maximum atomic E-state index is 10.1. The van der Waals surface area contributed by atoms with Crippen LogP contribution in [-0.2, 0) is 9.59 Å². The van der Waals surface area contributed by atoms with Crippen LogP contribution >= 0.6 is 0 Å². The van der Waals surface area contributed by atoms with Crippen molar-refractivity contribution in [2.24, 2.45) is 11.5 Å². The first-order valence-corrected chi connectivity index (χ1v) is 4.80. The van der Waals surface area contributed by atoms with Crippen molar-refractivity contribution in [3.05, 3.63) is 36.4 Å². The fraction of sp³-hybridized carbons (Fsp3) is 0.273. The van der Waals surface area contributed by atoms with E-state index in [9.17, 15) is 9.59 Å². The smallest absolute Gasteiger partial charge is 0.320 e. The quantitative estimate of drug-likeness (QED) is 0.686. The van der Waals surface area contributed by atoms with E-state index < -0.39 is 17.9 Å². The van der Waals surface area contributed by atoms with Crippen LogP contribution in [0, 0.1) is 0 Å². The van der Waals surface area contributed by atoms with Crippen molar-refractivity contribution in [3.63, 3.8) is 0 Å². The Balaban J connectivity index is 0.000000315. The van der Waals surface area contributed by atoms with Crippen LogP contribution in [-0.4, -0.2) is 23.0 Å². The number of carboxylic acids is 1. The molecule has 0 saturated heterocycles. The summed E-state index contributed by atoms with van der Waals surface area (Å²) >= 11 is 0. The highest BCUT2D eigenvalue weighted by Gasteiger charge is 2.11. The summed E-state index contributed by atoms with van der Waals surface area (Å²) in [6, 6.07) is 11.0. The molecule has 0 saturated carbocycles. The minimum atomic E-state index is -1.11. The van der Waals surface area contributed by atoms with Gasteiger partial charge in [0.2, 0.25) is 5.91 Å². The molecule has 0 bridgehead atoms. The first kappa shape index (κ1) is 14.1. The zero-order valence-electron chi connectivity index (χ0n) is 8.87. The number of aliphatic carboxylic acids is 1. The van der Waals surface area contributed by atoms with Crippen molar-refractivity contribution >= 4 is 11.9 Å². The number of rotatable bonds is 4. The molecule has 0 fully saturated rings. The first-order valence-electron chi connectivity index (χ1n) is 4.80. The van der Waals surface area contributed by atoms with Crippen LogP contribution in [0.1, 0.15) is 12.8 Å². The summed E-state index contributed by atoms with van der Waals surface area (Å²) in [4.78, 5) is 20.1. The van der Waals surface area contributed by atoms with Crippen LogP contribution in [0.2, 0.25) is 0 Å². The summed E-state index contributed by atoms with van der Waals surface area (Å²) < 4.78 is 0. The van der Waals surface area contributed by atoms with E-state index in [1.807, 2.05) is 36.4 Å². The Hall–Kier alpha value is -1.88. The lowest BCUT2D eigenvalue weighted by atomic mass is 10.2. The van der Waals surface area contributed by atoms with Gasteiger partial charge < -0.3 is 16.6 Å². The normalized spacial score (nSPS) is 10.8. The lowest BCUT2D eigenvalue weighted by molar-refractivity contribution is -0.138. The molecule has 16 heavy (non-hydrogen) atoms. The molecular weight excluding hydrogens is 208 g/mol. The summed E-state index contributed by atoms with van der Waals surface area (Å²) in [7, 11) is 0. The van der Waals surface area contributed by atoms with Gasteiger partial charge in [-0.3, -0.25) is 9.59 Å². The van der Waals surface area contributed by atoms with Crippen molar-refractivity contribution in [1.82, 2.24) is 0 Å². The molecule has 0 aliphatic heterocycles. The number of carbonyl (C=O) groups excluding carboxylic acids is 1. The van der Waals surface area contributed by atoms with Gasteiger partial charge in [-0.05, 0) is 6.42 Å². The Kier molecular flexibility index (Phi) is 7.44. The molecule has 5 nitrogen and oxygen atoms in total. The molecule has 5 heteroatoms. The second-order valence-electron chi connectivity index (χ2n) is 3.10. The Labute approximate surface area is 94.1 Å². The summed E-state index contributed by atoms with van der Waals surface area (Å²) in [6.45, 7) is 0. The fourth-order valence-corrected chi connectivity index (χ4v) is 0.806. The summed E-state index contributed by atoms with van der Waals surface area (Å²) in [5, 5.41) is 8.22. The van der Waals surface area contributed by atoms with E-state index in [1.165, 1.54) is 0 Å². The summed E-state index contributed by atoms with van der Waals surface area (Å²) in [5.74, 6) is -1.64. The lowest BCUT2D eigenvalue weighted by Crippen LogP contribution is -2.31. The zero-order chi connectivity index (χ0) is 12.4. The molecule has 1 rings (SSSR count). The number of amides is 1. The Morgan fingerprint density at radius 1 is 1.06 bits per heavy atom. The number of nitrogens with two attached hydrogens (primary N) is 2. The molecule has 88 valence electrons. The number of carbonyl (C=O) groups is 2. The number of primary amides is 1. The van der Waals surface area contributed by atoms with Gasteiger partial charge >= 0.3 is 5.97 Å². The third-order valence-corrected chi connectivity index (χ3v) is 1.69. The van der Waals surface area contributed by atoms with Gasteiger partial charge in [-0.1, -0.05) is 36.4 Å². The molecule has 0 heterocycles. The van der Waals surface area contributed by atoms with Crippen LogP contribution < -0.4 is 11.5 Å². The lowest BCUT2D eigenvalue weighted by Gasteiger charge is -2.01. The minimum absolute atomic E-state index is 0.0213. The summed E-state index contributed by atoms with van der Waals surface area (Å²) in [6.07, 6.45) is 0.123. The molecular formula is C11H16N2O3. The predicted octanol–water partition coefficient (Wildman–Crippen LogP) is 0.350. The van der Waals surface area contributed by atoms with E-state index >= 15 is 0 Å². The number of carboxylic acid groups (broad SMARTS) is 1. The average molecular weight is 224 g/mol.